The van der Waals surface area contributed by atoms with E-state index in [1.807, 2.05) is 23.9 Å². The third kappa shape index (κ3) is 5.47. The Morgan fingerprint density at radius 2 is 1.10 bits per heavy atom. The van der Waals surface area contributed by atoms with E-state index in [-0.39, 0.29) is 0 Å². The molecule has 1 aliphatic heterocycles. The summed E-state index contributed by atoms with van der Waals surface area (Å²) in [5, 5.41) is 5.97. The van der Waals surface area contributed by atoms with Gasteiger partial charge in [0.25, 0.3) is 0 Å². The Morgan fingerprint density at radius 1 is 0.407 bits per heavy atom. The Hall–Kier alpha value is -7.47. The lowest BCUT2D eigenvalue weighted by Crippen LogP contribution is -2.14. The molecular formula is C54H34N4S. The SMILES string of the molecule is c1ccc(-c2nc(-c3cccc(-n4c5cccc(-c6ccc7c(c6)Sc6ccccc6N7c6ccccc6)c5c5c6ccccc6ccc54)c3)nc3ccccc23)cc1. The van der Waals surface area contributed by atoms with Crippen molar-refractivity contribution in [3.63, 3.8) is 0 Å². The summed E-state index contributed by atoms with van der Waals surface area (Å²) >= 11 is 1.84. The zero-order valence-electron chi connectivity index (χ0n) is 31.8. The molecule has 0 bridgehead atoms. The first-order valence-electron chi connectivity index (χ1n) is 19.9. The highest BCUT2D eigenvalue weighted by atomic mass is 32.2. The first-order chi connectivity index (χ1) is 29.3. The van der Waals surface area contributed by atoms with Gasteiger partial charge in [-0.1, -0.05) is 151 Å². The number of para-hydroxylation sites is 3. The highest BCUT2D eigenvalue weighted by Gasteiger charge is 2.26. The van der Waals surface area contributed by atoms with Gasteiger partial charge in [-0.15, -0.1) is 0 Å². The molecule has 2 aromatic heterocycles. The van der Waals surface area contributed by atoms with Gasteiger partial charge in [-0.05, 0) is 88.6 Å². The number of nitrogens with zero attached hydrogens (tertiary/aromatic N) is 4. The summed E-state index contributed by atoms with van der Waals surface area (Å²) in [4.78, 5) is 15.2. The third-order valence-corrected chi connectivity index (χ3v) is 12.7. The topological polar surface area (TPSA) is 34.0 Å². The lowest BCUT2D eigenvalue weighted by Gasteiger charge is -2.33. The zero-order valence-corrected chi connectivity index (χ0v) is 32.6. The van der Waals surface area contributed by atoms with Crippen LogP contribution in [0.25, 0.3) is 82.9 Å². The number of hydrogen-bond acceptors (Lipinski definition) is 4. The second kappa shape index (κ2) is 13.6. The van der Waals surface area contributed by atoms with Crippen LogP contribution in [-0.2, 0) is 0 Å². The highest BCUT2D eigenvalue weighted by molar-refractivity contribution is 7.99. The van der Waals surface area contributed by atoms with Crippen LogP contribution in [0.15, 0.2) is 216 Å². The van der Waals surface area contributed by atoms with Crippen molar-refractivity contribution in [3.8, 4) is 39.5 Å². The first-order valence-corrected chi connectivity index (χ1v) is 20.7. The van der Waals surface area contributed by atoms with E-state index < -0.39 is 0 Å². The molecule has 0 spiro atoms. The molecule has 0 amide bonds. The molecule has 9 aromatic carbocycles. The number of anilines is 3. The van der Waals surface area contributed by atoms with Gasteiger partial charge in [0.05, 0.1) is 33.6 Å². The van der Waals surface area contributed by atoms with Gasteiger partial charge in [0.15, 0.2) is 5.82 Å². The summed E-state index contributed by atoms with van der Waals surface area (Å²) in [6.45, 7) is 0. The van der Waals surface area contributed by atoms with E-state index in [1.165, 1.54) is 53.8 Å². The van der Waals surface area contributed by atoms with Gasteiger partial charge in [-0.2, -0.15) is 0 Å². The smallest absolute Gasteiger partial charge is 0.160 e. The maximum atomic E-state index is 5.23. The van der Waals surface area contributed by atoms with E-state index in [1.54, 1.807) is 0 Å². The molecule has 11 aromatic rings. The van der Waals surface area contributed by atoms with Crippen LogP contribution < -0.4 is 4.90 Å². The molecular weight excluding hydrogens is 737 g/mol. The molecule has 276 valence electrons. The Labute approximate surface area is 345 Å². The van der Waals surface area contributed by atoms with E-state index in [2.05, 4.69) is 204 Å². The second-order valence-electron chi connectivity index (χ2n) is 15.0. The third-order valence-electron chi connectivity index (χ3n) is 11.5. The quantitative estimate of drug-likeness (QED) is 0.175. The highest BCUT2D eigenvalue weighted by Crippen LogP contribution is 2.53. The monoisotopic (exact) mass is 770 g/mol. The van der Waals surface area contributed by atoms with Gasteiger partial charge >= 0.3 is 0 Å². The van der Waals surface area contributed by atoms with Crippen molar-refractivity contribution in [2.45, 2.75) is 9.79 Å². The van der Waals surface area contributed by atoms with Crippen molar-refractivity contribution >= 4 is 72.3 Å². The zero-order chi connectivity index (χ0) is 38.9. The van der Waals surface area contributed by atoms with Crippen molar-refractivity contribution in [2.75, 3.05) is 4.90 Å². The minimum Gasteiger partial charge on any atom is -0.309 e. The Kier molecular flexibility index (Phi) is 7.75. The van der Waals surface area contributed by atoms with Crippen LogP contribution in [0.2, 0.25) is 0 Å². The van der Waals surface area contributed by atoms with Crippen LogP contribution in [0, 0.1) is 0 Å². The van der Waals surface area contributed by atoms with Crippen molar-refractivity contribution in [3.05, 3.63) is 206 Å². The first kappa shape index (κ1) is 33.6. The van der Waals surface area contributed by atoms with Crippen LogP contribution in [0.3, 0.4) is 0 Å². The van der Waals surface area contributed by atoms with E-state index >= 15 is 0 Å². The molecule has 0 aliphatic carbocycles. The van der Waals surface area contributed by atoms with Gasteiger partial charge in [-0.25, -0.2) is 9.97 Å². The summed E-state index contributed by atoms with van der Waals surface area (Å²) in [6, 6.07) is 73.8. The average molecular weight is 771 g/mol. The molecule has 4 nitrogen and oxygen atoms in total. The number of hydrogen-bond donors (Lipinski definition) is 0. The number of aromatic nitrogens is 3. The van der Waals surface area contributed by atoms with Crippen molar-refractivity contribution < 1.29 is 0 Å². The lowest BCUT2D eigenvalue weighted by atomic mass is 9.96. The maximum Gasteiger partial charge on any atom is 0.160 e. The lowest BCUT2D eigenvalue weighted by molar-refractivity contribution is 1.17. The molecule has 0 fully saturated rings. The summed E-state index contributed by atoms with van der Waals surface area (Å²) in [5.74, 6) is 0.703. The fraction of sp³-hybridized carbons (Fsp3) is 0. The number of benzene rings is 9. The second-order valence-corrected chi connectivity index (χ2v) is 16.1. The molecule has 0 saturated heterocycles. The summed E-state index contributed by atoms with van der Waals surface area (Å²) < 4.78 is 2.42. The van der Waals surface area contributed by atoms with E-state index in [9.17, 15) is 0 Å². The van der Waals surface area contributed by atoms with Crippen molar-refractivity contribution in [1.82, 2.24) is 14.5 Å². The number of rotatable bonds is 5. The minimum absolute atomic E-state index is 0.703. The number of fused-ring (bicyclic) bond motifs is 8. The molecule has 0 unspecified atom stereocenters. The van der Waals surface area contributed by atoms with Crippen LogP contribution in [0.5, 0.6) is 0 Å². The standard InChI is InChI=1S/C54H34N4S/c1-3-16-36(17-4-1)53-43-23-9-10-25-44(43)55-54(56-53)38-18-13-21-40(33-38)58-47-27-14-24-42(52(47)51-41-22-8-7-15-35(41)29-32-48(51)58)37-30-31-46-50(34-37)59-49-28-12-11-26-45(49)57(46)39-19-5-2-6-20-39/h1-34H. The van der Waals surface area contributed by atoms with E-state index in [0.717, 1.165) is 50.1 Å². The molecule has 3 heterocycles. The summed E-state index contributed by atoms with van der Waals surface area (Å²) in [7, 11) is 0. The van der Waals surface area contributed by atoms with Crippen LogP contribution in [0.1, 0.15) is 0 Å². The predicted molar refractivity (Wildman–Crippen MR) is 246 cm³/mol. The Balaban J connectivity index is 1.06. The Morgan fingerprint density at radius 3 is 2.00 bits per heavy atom. The summed E-state index contributed by atoms with van der Waals surface area (Å²) in [5.41, 5.74) is 13.2. The molecule has 0 radical (unpaired) electrons. The molecule has 5 heteroatoms. The van der Waals surface area contributed by atoms with E-state index in [4.69, 9.17) is 9.97 Å². The fourth-order valence-corrected chi connectivity index (χ4v) is 10.0. The Bertz CT molecular complexity index is 3430. The molecule has 0 saturated carbocycles. The maximum absolute atomic E-state index is 5.23. The van der Waals surface area contributed by atoms with Gasteiger partial charge in [-0.3, -0.25) is 0 Å². The van der Waals surface area contributed by atoms with Gasteiger partial charge in [0.2, 0.25) is 0 Å². The van der Waals surface area contributed by atoms with Crippen LogP contribution in [-0.4, -0.2) is 14.5 Å². The van der Waals surface area contributed by atoms with Gasteiger partial charge in [0, 0.05) is 48.5 Å². The molecule has 59 heavy (non-hydrogen) atoms. The van der Waals surface area contributed by atoms with Crippen molar-refractivity contribution in [1.29, 1.82) is 0 Å². The molecule has 12 rings (SSSR count). The van der Waals surface area contributed by atoms with Crippen LogP contribution in [0.4, 0.5) is 17.1 Å². The van der Waals surface area contributed by atoms with Crippen LogP contribution >= 0.6 is 11.8 Å². The minimum atomic E-state index is 0.703. The molecule has 0 N–H and O–H groups in total. The molecule has 0 atom stereocenters. The normalized spacial score (nSPS) is 12.3. The van der Waals surface area contributed by atoms with Crippen molar-refractivity contribution in [2.24, 2.45) is 0 Å². The largest absolute Gasteiger partial charge is 0.309 e. The van der Waals surface area contributed by atoms with Gasteiger partial charge in [0.1, 0.15) is 0 Å². The molecule has 1 aliphatic rings. The predicted octanol–water partition coefficient (Wildman–Crippen LogP) is 14.8. The fourth-order valence-electron chi connectivity index (χ4n) is 8.93. The van der Waals surface area contributed by atoms with E-state index in [0.29, 0.717) is 5.82 Å². The van der Waals surface area contributed by atoms with Gasteiger partial charge < -0.3 is 9.47 Å². The summed E-state index contributed by atoms with van der Waals surface area (Å²) in [6.07, 6.45) is 0. The average Bonchev–Trinajstić information content (AvgIpc) is 3.66.